The zero-order valence-corrected chi connectivity index (χ0v) is 10.5. The summed E-state index contributed by atoms with van der Waals surface area (Å²) in [5.41, 5.74) is 0.949. The molecule has 2 heterocycles. The van der Waals surface area contributed by atoms with Crippen LogP contribution in [-0.2, 0) is 14.3 Å². The lowest BCUT2D eigenvalue weighted by Gasteiger charge is -2.23. The quantitative estimate of drug-likeness (QED) is 0.536. The molecular formula is C13H22O3. The lowest BCUT2D eigenvalue weighted by molar-refractivity contribution is -0.158. The van der Waals surface area contributed by atoms with E-state index in [0.29, 0.717) is 6.42 Å². The Morgan fingerprint density at radius 2 is 2.12 bits per heavy atom. The van der Waals surface area contributed by atoms with E-state index >= 15 is 0 Å². The molecule has 3 heteroatoms. The summed E-state index contributed by atoms with van der Waals surface area (Å²) in [5, 5.41) is 0. The highest BCUT2D eigenvalue weighted by molar-refractivity contribution is 5.71. The van der Waals surface area contributed by atoms with Gasteiger partial charge in [0.15, 0.2) is 6.10 Å². The highest BCUT2D eigenvalue weighted by atomic mass is 16.6. The molecular weight excluding hydrogens is 204 g/mol. The summed E-state index contributed by atoms with van der Waals surface area (Å²) in [6, 6.07) is 0. The first-order chi connectivity index (χ1) is 7.72. The average molecular weight is 226 g/mol. The van der Waals surface area contributed by atoms with E-state index in [4.69, 9.17) is 9.47 Å². The Kier molecular flexibility index (Phi) is 5.00. The monoisotopic (exact) mass is 226 g/mol. The van der Waals surface area contributed by atoms with Gasteiger partial charge in [-0.25, -0.2) is 0 Å². The summed E-state index contributed by atoms with van der Waals surface area (Å²) in [4.78, 5) is 11.1. The largest absolute Gasteiger partial charge is 0.455 e. The third-order valence-electron chi connectivity index (χ3n) is 2.90. The van der Waals surface area contributed by atoms with E-state index < -0.39 is 0 Å². The van der Waals surface area contributed by atoms with Crippen molar-refractivity contribution in [1.29, 1.82) is 0 Å². The van der Waals surface area contributed by atoms with Gasteiger partial charge in [0.25, 0.3) is 0 Å². The van der Waals surface area contributed by atoms with Crippen molar-refractivity contribution in [2.75, 3.05) is 0 Å². The molecule has 92 valence electrons. The first-order valence-electron chi connectivity index (χ1n) is 6.26. The first kappa shape index (κ1) is 13.2. The molecule has 2 rings (SSSR count). The van der Waals surface area contributed by atoms with Crippen LogP contribution in [0.25, 0.3) is 0 Å². The van der Waals surface area contributed by atoms with E-state index in [1.54, 1.807) is 0 Å². The van der Waals surface area contributed by atoms with E-state index in [1.807, 2.05) is 13.8 Å². The van der Waals surface area contributed by atoms with E-state index in [9.17, 15) is 4.79 Å². The van der Waals surface area contributed by atoms with Crippen LogP contribution in [0.4, 0.5) is 0 Å². The minimum Gasteiger partial charge on any atom is -0.455 e. The van der Waals surface area contributed by atoms with Gasteiger partial charge in [0.2, 0.25) is 0 Å². The van der Waals surface area contributed by atoms with Gasteiger partial charge in [0, 0.05) is 6.42 Å². The van der Waals surface area contributed by atoms with Crippen molar-refractivity contribution in [3.8, 4) is 0 Å². The molecule has 16 heavy (non-hydrogen) atoms. The van der Waals surface area contributed by atoms with Crippen molar-refractivity contribution >= 4 is 5.97 Å². The number of hydrogen-bond acceptors (Lipinski definition) is 3. The van der Waals surface area contributed by atoms with E-state index in [-0.39, 0.29) is 24.3 Å². The molecule has 2 aliphatic heterocycles. The average Bonchev–Trinajstić information content (AvgIpc) is 2.60. The number of carbonyl (C=O) groups excluding carboxylic acids is 1. The van der Waals surface area contributed by atoms with Crippen molar-refractivity contribution in [3.63, 3.8) is 0 Å². The molecule has 2 unspecified atom stereocenters. The van der Waals surface area contributed by atoms with Gasteiger partial charge in [-0.2, -0.15) is 0 Å². The van der Waals surface area contributed by atoms with E-state index in [2.05, 4.69) is 13.5 Å². The third kappa shape index (κ3) is 2.64. The molecule has 0 spiro atoms. The Labute approximate surface area is 97.8 Å². The second-order valence-corrected chi connectivity index (χ2v) is 3.98. The Hall–Kier alpha value is -0.830. The van der Waals surface area contributed by atoms with Crippen LogP contribution in [0.1, 0.15) is 46.5 Å². The molecule has 0 saturated carbocycles. The molecule has 0 aromatic carbocycles. The lowest BCUT2D eigenvalue weighted by atomic mass is 9.98. The van der Waals surface area contributed by atoms with Crippen LogP contribution in [0, 0.1) is 0 Å². The summed E-state index contributed by atoms with van der Waals surface area (Å²) in [7, 11) is 0. The first-order valence-corrected chi connectivity index (χ1v) is 6.26. The Bertz CT molecular complexity index is 260. The molecule has 0 amide bonds. The summed E-state index contributed by atoms with van der Waals surface area (Å²) in [6.07, 6.45) is 3.29. The number of esters is 1. The highest BCUT2D eigenvalue weighted by Crippen LogP contribution is 2.35. The summed E-state index contributed by atoms with van der Waals surface area (Å²) >= 11 is 0. The van der Waals surface area contributed by atoms with Crippen molar-refractivity contribution in [2.24, 2.45) is 0 Å². The third-order valence-corrected chi connectivity index (χ3v) is 2.90. The predicted molar refractivity (Wildman–Crippen MR) is 63.2 cm³/mol. The van der Waals surface area contributed by atoms with Gasteiger partial charge in [0.05, 0.1) is 12.2 Å². The number of rotatable bonds is 2. The Balaban J connectivity index is 0.000000606. The zero-order valence-electron chi connectivity index (χ0n) is 10.5. The molecule has 0 aliphatic carbocycles. The maximum atomic E-state index is 11.1. The maximum absolute atomic E-state index is 11.1. The molecule has 3 nitrogen and oxygen atoms in total. The molecule has 2 fully saturated rings. The fourth-order valence-corrected chi connectivity index (χ4v) is 2.14. The predicted octanol–water partition coefficient (Wildman–Crippen LogP) is 2.84. The van der Waals surface area contributed by atoms with Gasteiger partial charge < -0.3 is 9.47 Å². The van der Waals surface area contributed by atoms with Crippen molar-refractivity contribution in [3.05, 3.63) is 12.2 Å². The van der Waals surface area contributed by atoms with Crippen molar-refractivity contribution in [2.45, 2.75) is 64.8 Å². The van der Waals surface area contributed by atoms with Gasteiger partial charge in [-0.05, 0) is 18.4 Å². The lowest BCUT2D eigenvalue weighted by Crippen LogP contribution is -2.33. The van der Waals surface area contributed by atoms with Crippen molar-refractivity contribution in [1.82, 2.24) is 0 Å². The van der Waals surface area contributed by atoms with Gasteiger partial charge in [-0.1, -0.05) is 33.8 Å². The molecule has 0 aromatic heterocycles. The number of carbonyl (C=O) groups is 1. The van der Waals surface area contributed by atoms with Crippen LogP contribution < -0.4 is 0 Å². The molecule has 0 bridgehead atoms. The van der Waals surface area contributed by atoms with Gasteiger partial charge in [-0.3, -0.25) is 4.79 Å². The normalized spacial score (nSPS) is 32.6. The van der Waals surface area contributed by atoms with Crippen LogP contribution in [-0.4, -0.2) is 24.3 Å². The standard InChI is InChI=1S/C11H16O3.C2H6/c1-3-4-8-7(2)11-9(13-8)5-6-10(12)14-11;1-2/h8-9,11H,2-6H2,1H3;1-2H3/t8?,9?,11-;/m0./s1. The highest BCUT2D eigenvalue weighted by Gasteiger charge is 2.43. The Morgan fingerprint density at radius 3 is 2.75 bits per heavy atom. The van der Waals surface area contributed by atoms with Gasteiger partial charge in [-0.15, -0.1) is 0 Å². The van der Waals surface area contributed by atoms with Crippen LogP contribution in [0.5, 0.6) is 0 Å². The van der Waals surface area contributed by atoms with Gasteiger partial charge >= 0.3 is 5.97 Å². The van der Waals surface area contributed by atoms with Crippen molar-refractivity contribution < 1.29 is 14.3 Å². The van der Waals surface area contributed by atoms with E-state index in [1.165, 1.54) is 0 Å². The molecule has 0 radical (unpaired) electrons. The second kappa shape index (κ2) is 6.04. The maximum Gasteiger partial charge on any atom is 0.306 e. The minimum atomic E-state index is -0.173. The zero-order chi connectivity index (χ0) is 12.1. The fraction of sp³-hybridized carbons (Fsp3) is 0.769. The SMILES string of the molecule is C=C1C(CCC)OC2CCC(=O)O[C@@H]12.CC. The molecule has 0 aromatic rings. The summed E-state index contributed by atoms with van der Waals surface area (Å²) in [5.74, 6) is -0.117. The topological polar surface area (TPSA) is 35.5 Å². The Morgan fingerprint density at radius 1 is 1.44 bits per heavy atom. The fourth-order valence-electron chi connectivity index (χ4n) is 2.14. The minimum absolute atomic E-state index is 0.0664. The smallest absolute Gasteiger partial charge is 0.306 e. The molecule has 3 atom stereocenters. The van der Waals surface area contributed by atoms with Crippen LogP contribution in [0.3, 0.4) is 0 Å². The summed E-state index contributed by atoms with van der Waals surface area (Å²) < 4.78 is 11.0. The second-order valence-electron chi connectivity index (χ2n) is 3.98. The number of fused-ring (bicyclic) bond motifs is 1. The van der Waals surface area contributed by atoms with Crippen LogP contribution >= 0.6 is 0 Å². The molecule has 0 N–H and O–H groups in total. The van der Waals surface area contributed by atoms with Crippen LogP contribution in [0.2, 0.25) is 0 Å². The number of ether oxygens (including phenoxy) is 2. The molecule has 2 saturated heterocycles. The number of hydrogen-bond donors (Lipinski definition) is 0. The van der Waals surface area contributed by atoms with E-state index in [0.717, 1.165) is 24.8 Å². The van der Waals surface area contributed by atoms with Crippen LogP contribution in [0.15, 0.2) is 12.2 Å². The summed E-state index contributed by atoms with van der Waals surface area (Å²) in [6.45, 7) is 10.1. The molecule has 2 aliphatic rings. The van der Waals surface area contributed by atoms with Gasteiger partial charge in [0.1, 0.15) is 0 Å².